The van der Waals surface area contributed by atoms with Crippen LogP contribution >= 0.6 is 0 Å². The van der Waals surface area contributed by atoms with Crippen LogP contribution in [0, 0.1) is 0 Å². The lowest BCUT2D eigenvalue weighted by Crippen LogP contribution is -2.27. The van der Waals surface area contributed by atoms with Crippen LogP contribution in [0.1, 0.15) is 34.6 Å². The number of hydrogen-bond donors (Lipinski definition) is 1. The smallest absolute Gasteiger partial charge is 0.407 e. The molecule has 1 N–H and O–H groups in total. The molecule has 1 aromatic rings. The fourth-order valence-electron chi connectivity index (χ4n) is 0.654. The highest BCUT2D eigenvalue weighted by Crippen LogP contribution is 1.79. The lowest BCUT2D eigenvalue weighted by molar-refractivity contribution is -0.116. The molecule has 0 atom stereocenters. The van der Waals surface area contributed by atoms with Gasteiger partial charge in [0.2, 0.25) is 0 Å². The molecule has 0 aliphatic carbocycles. The molecule has 4 heteroatoms. The van der Waals surface area contributed by atoms with Crippen LogP contribution in [0.2, 0.25) is 0 Å². The van der Waals surface area contributed by atoms with E-state index in [4.69, 9.17) is 0 Å². The van der Waals surface area contributed by atoms with Crippen LogP contribution in [-0.4, -0.2) is 25.5 Å². The predicted octanol–water partition coefficient (Wildman–Crippen LogP) is 3.67. The lowest BCUT2D eigenvalue weighted by atomic mass is 10.4. The Kier molecular flexibility index (Phi) is 25.2. The van der Waals surface area contributed by atoms with Crippen LogP contribution in [0.25, 0.3) is 0 Å². The van der Waals surface area contributed by atoms with E-state index >= 15 is 0 Å². The van der Waals surface area contributed by atoms with Crippen molar-refractivity contribution < 1.29 is 14.3 Å². The summed E-state index contributed by atoms with van der Waals surface area (Å²) >= 11 is 0. The fraction of sp³-hybridized carbons (Fsp3) is 0.467. The quantitative estimate of drug-likeness (QED) is 0.891. The number of Topliss-reactive ketones (excluding diaryl/α,β-unsaturated/α-hetero) is 1. The molecule has 0 saturated carbocycles. The van der Waals surface area contributed by atoms with E-state index in [-0.39, 0.29) is 12.3 Å². The summed E-state index contributed by atoms with van der Waals surface area (Å²) < 4.78 is 4.20. The minimum atomic E-state index is -0.579. The number of ether oxygens (including phenoxy) is 1. The normalized spacial score (nSPS) is 7.05. The largest absolute Gasteiger partial charge is 0.453 e. The standard InChI is InChI=1S/C6H6.C5H9NO3.2C2H6/c1-2-4-6-5-3-1;1-4(7)3-6-5(8)9-2;2*1-2/h1-6H;3H2,1-2H3,(H,6,8);2*1-2H3. The Labute approximate surface area is 117 Å². The van der Waals surface area contributed by atoms with Crippen LogP contribution in [0.3, 0.4) is 0 Å². The van der Waals surface area contributed by atoms with Gasteiger partial charge in [-0.2, -0.15) is 0 Å². The third-order valence-electron chi connectivity index (χ3n) is 1.33. The van der Waals surface area contributed by atoms with Crippen LogP contribution in [0.5, 0.6) is 0 Å². The maximum atomic E-state index is 10.2. The first-order chi connectivity index (χ1) is 9.16. The Morgan fingerprint density at radius 3 is 1.42 bits per heavy atom. The molecule has 19 heavy (non-hydrogen) atoms. The highest BCUT2D eigenvalue weighted by Gasteiger charge is 1.97. The second kappa shape index (κ2) is 21.4. The van der Waals surface area contributed by atoms with Gasteiger partial charge in [-0.15, -0.1) is 0 Å². The lowest BCUT2D eigenvalue weighted by Gasteiger charge is -1.97. The van der Waals surface area contributed by atoms with Crippen LogP contribution < -0.4 is 5.32 Å². The number of methoxy groups -OCH3 is 1. The molecular formula is C15H27NO3. The van der Waals surface area contributed by atoms with Crippen molar-refractivity contribution in [1.29, 1.82) is 0 Å². The van der Waals surface area contributed by atoms with E-state index in [1.165, 1.54) is 14.0 Å². The molecule has 1 aromatic carbocycles. The van der Waals surface area contributed by atoms with E-state index < -0.39 is 6.09 Å². The monoisotopic (exact) mass is 269 g/mol. The molecule has 0 saturated heterocycles. The number of nitrogens with one attached hydrogen (secondary N) is 1. The van der Waals surface area contributed by atoms with Gasteiger partial charge in [0.05, 0.1) is 13.7 Å². The van der Waals surface area contributed by atoms with E-state index in [9.17, 15) is 9.59 Å². The van der Waals surface area contributed by atoms with Gasteiger partial charge in [-0.3, -0.25) is 4.79 Å². The maximum Gasteiger partial charge on any atom is 0.407 e. The Hall–Kier alpha value is -1.84. The van der Waals surface area contributed by atoms with Crippen molar-refractivity contribution in [2.45, 2.75) is 34.6 Å². The van der Waals surface area contributed by atoms with Crippen molar-refractivity contribution >= 4 is 11.9 Å². The number of alkyl carbamates (subject to hydrolysis) is 1. The van der Waals surface area contributed by atoms with Gasteiger partial charge in [-0.05, 0) is 6.92 Å². The summed E-state index contributed by atoms with van der Waals surface area (Å²) in [5.74, 6) is -0.0969. The zero-order valence-electron chi connectivity index (χ0n) is 12.9. The van der Waals surface area contributed by atoms with Crippen molar-refractivity contribution in [2.75, 3.05) is 13.7 Å². The number of rotatable bonds is 2. The van der Waals surface area contributed by atoms with Gasteiger partial charge in [-0.25, -0.2) is 4.79 Å². The molecule has 0 radical (unpaired) electrons. The van der Waals surface area contributed by atoms with Crippen LogP contribution in [0.15, 0.2) is 36.4 Å². The second-order valence-corrected chi connectivity index (χ2v) is 2.70. The highest BCUT2D eigenvalue weighted by atomic mass is 16.5. The molecule has 4 nitrogen and oxygen atoms in total. The van der Waals surface area contributed by atoms with Crippen molar-refractivity contribution in [3.63, 3.8) is 0 Å². The zero-order valence-corrected chi connectivity index (χ0v) is 12.9. The number of hydrogen-bond acceptors (Lipinski definition) is 3. The van der Waals surface area contributed by atoms with E-state index in [1.807, 2.05) is 64.1 Å². The Bertz CT molecular complexity index is 260. The third kappa shape index (κ3) is 26.0. The summed E-state index contributed by atoms with van der Waals surface area (Å²) in [6, 6.07) is 12.0. The van der Waals surface area contributed by atoms with E-state index in [0.717, 1.165) is 0 Å². The molecule has 1 rings (SSSR count). The van der Waals surface area contributed by atoms with E-state index in [0.29, 0.717) is 0 Å². The molecule has 0 fully saturated rings. The molecule has 0 aromatic heterocycles. The number of carbonyl (C=O) groups excluding carboxylic acids is 2. The molecule has 0 bridgehead atoms. The van der Waals surface area contributed by atoms with Gasteiger partial charge in [0.1, 0.15) is 5.78 Å². The summed E-state index contributed by atoms with van der Waals surface area (Å²) in [5, 5.41) is 2.22. The van der Waals surface area contributed by atoms with Gasteiger partial charge in [-0.1, -0.05) is 64.1 Å². The van der Waals surface area contributed by atoms with Crippen molar-refractivity contribution in [1.82, 2.24) is 5.32 Å². The average Bonchev–Trinajstić information content (AvgIpc) is 2.51. The van der Waals surface area contributed by atoms with Crippen molar-refractivity contribution in [2.24, 2.45) is 0 Å². The molecular weight excluding hydrogens is 242 g/mol. The van der Waals surface area contributed by atoms with E-state index in [1.54, 1.807) is 0 Å². The topological polar surface area (TPSA) is 55.4 Å². The molecule has 0 aliphatic heterocycles. The first-order valence-electron chi connectivity index (χ1n) is 6.48. The molecule has 110 valence electrons. The summed E-state index contributed by atoms with van der Waals surface area (Å²) in [6.45, 7) is 9.42. The van der Waals surface area contributed by atoms with Gasteiger partial charge in [0.25, 0.3) is 0 Å². The number of amides is 1. The summed E-state index contributed by atoms with van der Waals surface area (Å²) in [4.78, 5) is 20.4. The zero-order chi connectivity index (χ0) is 15.5. The van der Waals surface area contributed by atoms with E-state index in [2.05, 4.69) is 10.1 Å². The minimum absolute atomic E-state index is 0.0344. The van der Waals surface area contributed by atoms with Crippen molar-refractivity contribution in [3.05, 3.63) is 36.4 Å². The van der Waals surface area contributed by atoms with Crippen LogP contribution in [0.4, 0.5) is 4.79 Å². The highest BCUT2D eigenvalue weighted by molar-refractivity contribution is 5.81. The molecule has 0 aliphatic rings. The SMILES string of the molecule is CC.CC.COC(=O)NCC(C)=O.c1ccccc1. The third-order valence-corrected chi connectivity index (χ3v) is 1.33. The number of benzene rings is 1. The predicted molar refractivity (Wildman–Crippen MR) is 80.2 cm³/mol. The van der Waals surface area contributed by atoms with Crippen molar-refractivity contribution in [3.8, 4) is 0 Å². The average molecular weight is 269 g/mol. The number of carbonyl (C=O) groups is 2. The fourth-order valence-corrected chi connectivity index (χ4v) is 0.654. The number of ketones is 1. The van der Waals surface area contributed by atoms with Gasteiger partial charge in [0, 0.05) is 0 Å². The Morgan fingerprint density at radius 1 is 0.895 bits per heavy atom. The van der Waals surface area contributed by atoms with Gasteiger partial charge >= 0.3 is 6.09 Å². The van der Waals surface area contributed by atoms with Gasteiger partial charge < -0.3 is 10.1 Å². The summed E-state index contributed by atoms with van der Waals surface area (Å²) in [7, 11) is 1.25. The summed E-state index contributed by atoms with van der Waals surface area (Å²) in [6.07, 6.45) is -0.579. The molecule has 1 amide bonds. The molecule has 0 spiro atoms. The molecule has 0 heterocycles. The Morgan fingerprint density at radius 2 is 1.21 bits per heavy atom. The van der Waals surface area contributed by atoms with Crippen LogP contribution in [-0.2, 0) is 9.53 Å². The second-order valence-electron chi connectivity index (χ2n) is 2.70. The first-order valence-corrected chi connectivity index (χ1v) is 6.48. The Balaban J connectivity index is -0.000000221. The minimum Gasteiger partial charge on any atom is -0.453 e. The first kappa shape index (κ1) is 22.3. The molecule has 0 unspecified atom stereocenters. The maximum absolute atomic E-state index is 10.2. The summed E-state index contributed by atoms with van der Waals surface area (Å²) in [5.41, 5.74) is 0. The van der Waals surface area contributed by atoms with Gasteiger partial charge in [0.15, 0.2) is 0 Å².